The molecule has 2 saturated heterocycles. The van der Waals surface area contributed by atoms with Gasteiger partial charge in [0.25, 0.3) is 5.91 Å². The number of aromatic nitrogens is 1. The maximum absolute atomic E-state index is 12.4. The second-order valence-corrected chi connectivity index (χ2v) is 8.70. The third-order valence-corrected chi connectivity index (χ3v) is 6.77. The minimum atomic E-state index is -3.11. The number of hydrogen-bond donors (Lipinski definition) is 0. The van der Waals surface area contributed by atoms with E-state index in [0.29, 0.717) is 31.7 Å². The largest absolute Gasteiger partial charge is 0.336 e. The first kappa shape index (κ1) is 14.9. The van der Waals surface area contributed by atoms with Crippen LogP contribution >= 0.6 is 11.5 Å². The average molecular weight is 329 g/mol. The van der Waals surface area contributed by atoms with E-state index in [-0.39, 0.29) is 17.7 Å². The predicted octanol–water partition coefficient (Wildman–Crippen LogP) is 1.09. The summed E-state index contributed by atoms with van der Waals surface area (Å²) >= 11 is 1.32. The Labute approximate surface area is 129 Å². The highest BCUT2D eigenvalue weighted by Crippen LogP contribution is 2.24. The maximum Gasteiger partial charge on any atom is 0.273 e. The number of piperidine rings is 1. The number of aryl methyl sites for hydroxylation is 1. The van der Waals surface area contributed by atoms with Crippen LogP contribution in [0, 0.1) is 6.92 Å². The van der Waals surface area contributed by atoms with Crippen molar-refractivity contribution in [3.05, 3.63) is 16.6 Å². The molecule has 1 atom stereocenters. The fraction of sp³-hybridized carbons (Fsp3) is 0.692. The summed E-state index contributed by atoms with van der Waals surface area (Å²) in [5.74, 6) is 0.156. The van der Waals surface area contributed by atoms with E-state index in [1.54, 1.807) is 15.3 Å². The molecule has 0 saturated carbocycles. The first-order valence-electron chi connectivity index (χ1n) is 7.19. The van der Waals surface area contributed by atoms with Gasteiger partial charge in [-0.15, -0.1) is 0 Å². The molecule has 3 rings (SSSR count). The van der Waals surface area contributed by atoms with Crippen molar-refractivity contribution in [1.29, 1.82) is 0 Å². The molecule has 8 heteroatoms. The molecule has 0 aromatic carbocycles. The minimum Gasteiger partial charge on any atom is -0.336 e. The molecule has 0 aliphatic carbocycles. The molecule has 2 aliphatic heterocycles. The van der Waals surface area contributed by atoms with E-state index in [1.165, 1.54) is 11.5 Å². The zero-order valence-corrected chi connectivity index (χ0v) is 13.6. The Morgan fingerprint density at radius 1 is 1.38 bits per heavy atom. The zero-order valence-electron chi connectivity index (χ0n) is 12.0. The first-order valence-corrected chi connectivity index (χ1v) is 9.58. The number of nitrogens with zero attached hydrogens (tertiary/aromatic N) is 3. The highest BCUT2D eigenvalue weighted by molar-refractivity contribution is 7.89. The molecule has 0 N–H and O–H groups in total. The van der Waals surface area contributed by atoms with E-state index in [1.807, 2.05) is 6.92 Å². The second-order valence-electron chi connectivity index (χ2n) is 5.65. The number of hydrogen-bond acceptors (Lipinski definition) is 5. The van der Waals surface area contributed by atoms with Crippen molar-refractivity contribution in [3.63, 3.8) is 0 Å². The molecular formula is C13H19N3O3S2. The lowest BCUT2D eigenvalue weighted by molar-refractivity contribution is 0.0654. The highest BCUT2D eigenvalue weighted by atomic mass is 32.2. The molecule has 0 bridgehead atoms. The smallest absolute Gasteiger partial charge is 0.273 e. The fourth-order valence-electron chi connectivity index (χ4n) is 3.07. The predicted molar refractivity (Wildman–Crippen MR) is 80.9 cm³/mol. The molecular weight excluding hydrogens is 310 g/mol. The highest BCUT2D eigenvalue weighted by Gasteiger charge is 2.37. The van der Waals surface area contributed by atoms with Crippen LogP contribution in [0.5, 0.6) is 0 Å². The van der Waals surface area contributed by atoms with E-state index in [0.717, 1.165) is 17.7 Å². The van der Waals surface area contributed by atoms with Crippen molar-refractivity contribution in [1.82, 2.24) is 13.6 Å². The molecule has 1 amide bonds. The van der Waals surface area contributed by atoms with Crippen LogP contribution in [-0.2, 0) is 10.0 Å². The van der Waals surface area contributed by atoms with Gasteiger partial charge in [-0.1, -0.05) is 0 Å². The van der Waals surface area contributed by atoms with Crippen molar-refractivity contribution in [2.45, 2.75) is 32.2 Å². The minimum absolute atomic E-state index is 0.0741. The fourth-order valence-corrected chi connectivity index (χ4v) is 5.37. The van der Waals surface area contributed by atoms with Gasteiger partial charge in [-0.25, -0.2) is 8.42 Å². The van der Waals surface area contributed by atoms with Crippen LogP contribution in [0.25, 0.3) is 0 Å². The molecule has 1 aromatic heterocycles. The average Bonchev–Trinajstić information content (AvgIpc) is 3.03. The molecule has 1 unspecified atom stereocenters. The number of carbonyl (C=O) groups excluding carboxylic acids is 1. The van der Waals surface area contributed by atoms with Crippen molar-refractivity contribution in [2.24, 2.45) is 0 Å². The van der Waals surface area contributed by atoms with E-state index in [9.17, 15) is 13.2 Å². The number of sulfonamides is 1. The van der Waals surface area contributed by atoms with Crippen molar-refractivity contribution < 1.29 is 13.2 Å². The van der Waals surface area contributed by atoms with Gasteiger partial charge in [0.2, 0.25) is 10.0 Å². The van der Waals surface area contributed by atoms with Gasteiger partial charge >= 0.3 is 0 Å². The molecule has 1 aromatic rings. The summed E-state index contributed by atoms with van der Waals surface area (Å²) in [6, 6.07) is 1.72. The number of amides is 1. The lowest BCUT2D eigenvalue weighted by Crippen LogP contribution is -2.50. The standard InChI is InChI=1S/C13H19N3O3S2/c1-10-8-12(14-20-10)13(17)15-5-2-4-11(9-15)16-6-3-7-21(16,18)19/h8,11H,2-7,9H2,1H3. The number of carbonyl (C=O) groups is 1. The van der Waals surface area contributed by atoms with E-state index < -0.39 is 10.0 Å². The third kappa shape index (κ3) is 2.97. The van der Waals surface area contributed by atoms with Crippen LogP contribution in [0.4, 0.5) is 0 Å². The summed E-state index contributed by atoms with van der Waals surface area (Å²) in [6.07, 6.45) is 2.36. The Morgan fingerprint density at radius 3 is 2.81 bits per heavy atom. The summed E-state index contributed by atoms with van der Waals surface area (Å²) in [7, 11) is -3.11. The summed E-state index contributed by atoms with van der Waals surface area (Å²) in [5.41, 5.74) is 0.474. The van der Waals surface area contributed by atoms with Crippen LogP contribution in [0.2, 0.25) is 0 Å². The SMILES string of the molecule is Cc1cc(C(=O)N2CCCC(N3CCCS3(=O)=O)C2)ns1. The molecule has 116 valence electrons. The monoisotopic (exact) mass is 329 g/mol. The summed E-state index contributed by atoms with van der Waals surface area (Å²) in [6.45, 7) is 3.67. The van der Waals surface area contributed by atoms with Crippen molar-refractivity contribution >= 4 is 27.5 Å². The maximum atomic E-state index is 12.4. The quantitative estimate of drug-likeness (QED) is 0.814. The van der Waals surface area contributed by atoms with Gasteiger partial charge in [-0.2, -0.15) is 8.68 Å². The molecule has 0 radical (unpaired) electrons. The van der Waals surface area contributed by atoms with Gasteiger partial charge < -0.3 is 4.90 Å². The van der Waals surface area contributed by atoms with Crippen molar-refractivity contribution in [3.8, 4) is 0 Å². The normalized spacial score (nSPS) is 26.1. The van der Waals surface area contributed by atoms with Gasteiger partial charge in [0.1, 0.15) is 5.69 Å². The van der Waals surface area contributed by atoms with Gasteiger partial charge in [-0.05, 0) is 43.8 Å². The van der Waals surface area contributed by atoms with Gasteiger partial charge in [0.05, 0.1) is 5.75 Å². The molecule has 21 heavy (non-hydrogen) atoms. The van der Waals surface area contributed by atoms with Crippen LogP contribution in [-0.4, -0.2) is 59.3 Å². The van der Waals surface area contributed by atoms with E-state index >= 15 is 0 Å². The molecule has 6 nitrogen and oxygen atoms in total. The van der Waals surface area contributed by atoms with E-state index in [2.05, 4.69) is 4.37 Å². The van der Waals surface area contributed by atoms with Gasteiger partial charge in [-0.3, -0.25) is 4.79 Å². The Balaban J connectivity index is 1.73. The lowest BCUT2D eigenvalue weighted by Gasteiger charge is -2.36. The van der Waals surface area contributed by atoms with Crippen LogP contribution < -0.4 is 0 Å². The van der Waals surface area contributed by atoms with Crippen molar-refractivity contribution in [2.75, 3.05) is 25.4 Å². The summed E-state index contributed by atoms with van der Waals surface area (Å²) in [4.78, 5) is 15.2. The third-order valence-electron chi connectivity index (χ3n) is 4.08. The van der Waals surface area contributed by atoms with Gasteiger partial charge in [0.15, 0.2) is 0 Å². The Kier molecular flexibility index (Phi) is 4.02. The summed E-state index contributed by atoms with van der Waals surface area (Å²) < 4.78 is 29.8. The zero-order chi connectivity index (χ0) is 15.0. The van der Waals surface area contributed by atoms with Crippen LogP contribution in [0.1, 0.15) is 34.6 Å². The Bertz CT molecular complexity index is 641. The number of likely N-dealkylation sites (tertiary alicyclic amines) is 1. The summed E-state index contributed by atoms with van der Waals surface area (Å²) in [5, 5.41) is 0. The number of rotatable bonds is 2. The Morgan fingerprint density at radius 2 is 2.19 bits per heavy atom. The van der Waals surface area contributed by atoms with Crippen LogP contribution in [0.3, 0.4) is 0 Å². The molecule has 2 aliphatic rings. The first-order chi connectivity index (χ1) is 9.97. The lowest BCUT2D eigenvalue weighted by atomic mass is 10.1. The topological polar surface area (TPSA) is 70.6 Å². The second kappa shape index (κ2) is 5.66. The molecule has 0 spiro atoms. The molecule has 3 heterocycles. The van der Waals surface area contributed by atoms with Gasteiger partial charge in [0, 0.05) is 30.6 Å². The van der Waals surface area contributed by atoms with E-state index in [4.69, 9.17) is 0 Å². The van der Waals surface area contributed by atoms with Crippen LogP contribution in [0.15, 0.2) is 6.07 Å². The Hall–Kier alpha value is -0.990. The molecule has 2 fully saturated rings.